The maximum atomic E-state index is 13.2. The smallest absolute Gasteiger partial charge is 0.282 e. The van der Waals surface area contributed by atoms with Crippen molar-refractivity contribution in [2.45, 2.75) is 37.8 Å². The molecule has 0 aromatic heterocycles. The van der Waals surface area contributed by atoms with Crippen molar-refractivity contribution in [2.24, 2.45) is 0 Å². The zero-order chi connectivity index (χ0) is 14.7. The zero-order valence-electron chi connectivity index (χ0n) is 10.7. The van der Waals surface area contributed by atoms with Gasteiger partial charge in [0.1, 0.15) is 11.4 Å². The normalized spacial score (nSPS) is 22.3. The molecule has 0 heterocycles. The first-order valence-electron chi connectivity index (χ1n) is 6.42. The number of halogens is 1. The fourth-order valence-corrected chi connectivity index (χ4v) is 2.38. The van der Waals surface area contributed by atoms with Crippen LogP contribution in [0.3, 0.4) is 0 Å². The predicted octanol–water partition coefficient (Wildman–Crippen LogP) is 1.77. The number of carbonyl (C=O) groups excluding carboxylic acids is 1. The molecule has 2 N–H and O–H groups in total. The highest BCUT2D eigenvalue weighted by Crippen LogP contribution is 2.22. The number of benzene rings is 1. The Hall–Kier alpha value is -2.02. The lowest BCUT2D eigenvalue weighted by Gasteiger charge is -2.28. The first kappa shape index (κ1) is 14.4. The van der Waals surface area contributed by atoms with Gasteiger partial charge in [-0.15, -0.1) is 0 Å². The third-order valence-corrected chi connectivity index (χ3v) is 3.45. The number of nitro benzene ring substituents is 1. The van der Waals surface area contributed by atoms with E-state index >= 15 is 0 Å². The molecule has 108 valence electrons. The van der Waals surface area contributed by atoms with Crippen LogP contribution in [-0.2, 0) is 0 Å². The number of nitrogens with zero attached hydrogens (tertiary/aromatic N) is 1. The van der Waals surface area contributed by atoms with Crippen molar-refractivity contribution in [1.82, 2.24) is 5.32 Å². The van der Waals surface area contributed by atoms with Gasteiger partial charge in [0, 0.05) is 6.07 Å². The van der Waals surface area contributed by atoms with Crippen LogP contribution in [0, 0.1) is 15.9 Å². The fraction of sp³-hybridized carbons (Fsp3) is 0.462. The van der Waals surface area contributed by atoms with E-state index < -0.39 is 34.5 Å². The maximum Gasteiger partial charge on any atom is 0.282 e. The van der Waals surface area contributed by atoms with Crippen molar-refractivity contribution < 1.29 is 19.2 Å². The standard InChI is InChI=1S/C13H15FN2O4/c14-8-5-6-11(16(19)20)9(7-8)13(18)15-10-3-1-2-4-12(10)17/h5-7,10,12,17H,1-4H2,(H,15,18)/t10-,12-/m1/s1. The monoisotopic (exact) mass is 282 g/mol. The van der Waals surface area contributed by atoms with Crippen molar-refractivity contribution in [2.75, 3.05) is 0 Å². The van der Waals surface area contributed by atoms with Crippen LogP contribution in [-0.4, -0.2) is 28.1 Å². The third-order valence-electron chi connectivity index (χ3n) is 3.45. The van der Waals surface area contributed by atoms with Gasteiger partial charge in [0.05, 0.1) is 17.1 Å². The molecule has 0 radical (unpaired) electrons. The summed E-state index contributed by atoms with van der Waals surface area (Å²) in [5.41, 5.74) is -0.776. The first-order chi connectivity index (χ1) is 9.49. The molecule has 0 spiro atoms. The Labute approximate surface area is 114 Å². The SMILES string of the molecule is O=C(N[C@@H]1CCCC[C@H]1O)c1cc(F)ccc1[N+](=O)[O-]. The molecule has 1 aromatic rings. The largest absolute Gasteiger partial charge is 0.391 e. The Kier molecular flexibility index (Phi) is 4.29. The van der Waals surface area contributed by atoms with E-state index in [0.717, 1.165) is 31.0 Å². The molecule has 0 bridgehead atoms. The highest BCUT2D eigenvalue weighted by molar-refractivity contribution is 5.98. The third kappa shape index (κ3) is 3.11. The number of nitro groups is 1. The summed E-state index contributed by atoms with van der Waals surface area (Å²) >= 11 is 0. The van der Waals surface area contributed by atoms with E-state index in [1.165, 1.54) is 0 Å². The Morgan fingerprint density at radius 2 is 2.10 bits per heavy atom. The minimum atomic E-state index is -0.734. The number of nitrogens with one attached hydrogen (secondary N) is 1. The molecule has 1 aliphatic rings. The Morgan fingerprint density at radius 3 is 2.75 bits per heavy atom. The molecule has 2 atom stereocenters. The highest BCUT2D eigenvalue weighted by atomic mass is 19.1. The molecule has 1 aliphatic carbocycles. The molecule has 7 heteroatoms. The summed E-state index contributed by atoms with van der Waals surface area (Å²) in [6.45, 7) is 0. The topological polar surface area (TPSA) is 92.5 Å². The van der Waals surface area contributed by atoms with Gasteiger partial charge >= 0.3 is 0 Å². The molecule has 20 heavy (non-hydrogen) atoms. The van der Waals surface area contributed by atoms with E-state index in [2.05, 4.69) is 5.32 Å². The predicted molar refractivity (Wildman–Crippen MR) is 68.8 cm³/mol. The summed E-state index contributed by atoms with van der Waals surface area (Å²) in [7, 11) is 0. The maximum absolute atomic E-state index is 13.2. The first-order valence-corrected chi connectivity index (χ1v) is 6.42. The van der Waals surface area contributed by atoms with Gasteiger partial charge in [0.15, 0.2) is 0 Å². The second-order valence-corrected chi connectivity index (χ2v) is 4.85. The van der Waals surface area contributed by atoms with E-state index in [0.29, 0.717) is 12.8 Å². The number of aliphatic hydroxyl groups is 1. The molecule has 2 rings (SSSR count). The molecule has 1 fully saturated rings. The summed E-state index contributed by atoms with van der Waals surface area (Å²) < 4.78 is 13.2. The minimum Gasteiger partial charge on any atom is -0.391 e. The fourth-order valence-electron chi connectivity index (χ4n) is 2.38. The van der Waals surface area contributed by atoms with Gasteiger partial charge in [0.25, 0.3) is 11.6 Å². The van der Waals surface area contributed by atoms with Gasteiger partial charge in [-0.2, -0.15) is 0 Å². The number of aliphatic hydroxyl groups excluding tert-OH is 1. The molecule has 0 aliphatic heterocycles. The number of hydrogen-bond acceptors (Lipinski definition) is 4. The summed E-state index contributed by atoms with van der Waals surface area (Å²) in [4.78, 5) is 22.2. The van der Waals surface area contributed by atoms with Crippen molar-refractivity contribution in [3.05, 3.63) is 39.7 Å². The van der Waals surface area contributed by atoms with Gasteiger partial charge in [-0.05, 0) is 25.0 Å². The van der Waals surface area contributed by atoms with Crippen LogP contribution in [0.15, 0.2) is 18.2 Å². The van der Waals surface area contributed by atoms with Gasteiger partial charge in [-0.25, -0.2) is 4.39 Å². The van der Waals surface area contributed by atoms with Crippen LogP contribution in [0.25, 0.3) is 0 Å². The van der Waals surface area contributed by atoms with Crippen LogP contribution in [0.5, 0.6) is 0 Å². The second-order valence-electron chi connectivity index (χ2n) is 4.85. The van der Waals surface area contributed by atoms with Crippen LogP contribution >= 0.6 is 0 Å². The van der Waals surface area contributed by atoms with E-state index in [4.69, 9.17) is 0 Å². The van der Waals surface area contributed by atoms with Gasteiger partial charge in [-0.3, -0.25) is 14.9 Å². The average molecular weight is 282 g/mol. The Bertz CT molecular complexity index is 535. The minimum absolute atomic E-state index is 0.326. The van der Waals surface area contributed by atoms with Gasteiger partial charge in [-0.1, -0.05) is 12.8 Å². The molecule has 6 nitrogen and oxygen atoms in total. The molecule has 0 unspecified atom stereocenters. The Balaban J connectivity index is 2.20. The molecule has 1 saturated carbocycles. The lowest BCUT2D eigenvalue weighted by atomic mass is 9.92. The number of carbonyl (C=O) groups is 1. The second kappa shape index (κ2) is 5.96. The van der Waals surface area contributed by atoms with Crippen LogP contribution in [0.1, 0.15) is 36.0 Å². The van der Waals surface area contributed by atoms with Crippen LogP contribution in [0.4, 0.5) is 10.1 Å². The molecule has 0 saturated heterocycles. The van der Waals surface area contributed by atoms with Crippen molar-refractivity contribution >= 4 is 11.6 Å². The summed E-state index contributed by atoms with van der Waals surface area (Å²) in [6, 6.07) is 2.29. The van der Waals surface area contributed by atoms with E-state index in [9.17, 15) is 24.4 Å². The lowest BCUT2D eigenvalue weighted by molar-refractivity contribution is -0.385. The Morgan fingerprint density at radius 1 is 1.40 bits per heavy atom. The quantitative estimate of drug-likeness (QED) is 0.652. The highest BCUT2D eigenvalue weighted by Gasteiger charge is 2.28. The van der Waals surface area contributed by atoms with Gasteiger partial charge < -0.3 is 10.4 Å². The average Bonchev–Trinajstić information content (AvgIpc) is 2.40. The van der Waals surface area contributed by atoms with E-state index in [-0.39, 0.29) is 5.56 Å². The summed E-state index contributed by atoms with van der Waals surface area (Å²) in [5.74, 6) is -1.45. The number of amides is 1. The zero-order valence-corrected chi connectivity index (χ0v) is 10.7. The summed E-state index contributed by atoms with van der Waals surface area (Å²) in [5, 5.41) is 23.2. The van der Waals surface area contributed by atoms with Crippen molar-refractivity contribution in [3.63, 3.8) is 0 Å². The summed E-state index contributed by atoms with van der Waals surface area (Å²) in [6.07, 6.45) is 2.27. The van der Waals surface area contributed by atoms with Gasteiger partial charge in [0.2, 0.25) is 0 Å². The van der Waals surface area contributed by atoms with E-state index in [1.54, 1.807) is 0 Å². The van der Waals surface area contributed by atoms with Crippen molar-refractivity contribution in [3.8, 4) is 0 Å². The van der Waals surface area contributed by atoms with Crippen molar-refractivity contribution in [1.29, 1.82) is 0 Å². The number of rotatable bonds is 3. The molecule has 1 amide bonds. The van der Waals surface area contributed by atoms with E-state index in [1.807, 2.05) is 0 Å². The molecular formula is C13H15FN2O4. The number of hydrogen-bond donors (Lipinski definition) is 2. The molecular weight excluding hydrogens is 267 g/mol. The van der Waals surface area contributed by atoms with Crippen LogP contribution < -0.4 is 5.32 Å². The lowest BCUT2D eigenvalue weighted by Crippen LogP contribution is -2.45. The van der Waals surface area contributed by atoms with Crippen LogP contribution in [0.2, 0.25) is 0 Å². The molecule has 1 aromatic carbocycles.